The normalized spacial score (nSPS) is 40.8. The number of nitrogens with one attached hydrogen (secondary N) is 1. The topological polar surface area (TPSA) is 18.5 Å². The first-order valence-corrected chi connectivity index (χ1v) is 4.91. The Bertz CT molecular complexity index is 148. The molecule has 1 N–H and O–H groups in total. The Balaban J connectivity index is 1.91. The van der Waals surface area contributed by atoms with E-state index in [1.165, 1.54) is 32.5 Å². The van der Waals surface area contributed by atoms with Crippen LogP contribution in [0.3, 0.4) is 0 Å². The zero-order valence-electron chi connectivity index (χ0n) is 8.08. The second kappa shape index (κ2) is 3.32. The highest BCUT2D eigenvalue weighted by molar-refractivity contribution is 4.89. The van der Waals surface area contributed by atoms with Gasteiger partial charge in [-0.3, -0.25) is 10.4 Å². The summed E-state index contributed by atoms with van der Waals surface area (Å²) in [6.45, 7) is 3.91. The molecule has 2 bridgehead atoms. The smallest absolute Gasteiger partial charge is 0.0371 e. The van der Waals surface area contributed by atoms with Crippen molar-refractivity contribution in [2.24, 2.45) is 5.92 Å². The highest BCUT2D eigenvalue weighted by atomic mass is 15.5. The van der Waals surface area contributed by atoms with Crippen LogP contribution in [0.15, 0.2) is 0 Å². The predicted octanol–water partition coefficient (Wildman–Crippen LogP) is 0.147. The summed E-state index contributed by atoms with van der Waals surface area (Å²) >= 11 is 0. The molecular weight excluding hydrogens is 150 g/mol. The van der Waals surface area contributed by atoms with E-state index in [-0.39, 0.29) is 0 Å². The highest BCUT2D eigenvalue weighted by Gasteiger charge is 2.33. The Morgan fingerprint density at radius 1 is 1.25 bits per heavy atom. The molecule has 12 heavy (non-hydrogen) atoms. The highest BCUT2D eigenvalue weighted by Crippen LogP contribution is 2.27. The van der Waals surface area contributed by atoms with Crippen molar-refractivity contribution in [1.29, 1.82) is 0 Å². The number of fused-ring (bicyclic) bond motifs is 3. The van der Waals surface area contributed by atoms with Gasteiger partial charge in [-0.2, -0.15) is 0 Å². The molecule has 3 saturated heterocycles. The first kappa shape index (κ1) is 8.48. The summed E-state index contributed by atoms with van der Waals surface area (Å²) in [7, 11) is 4.16. The number of hydrogen-bond acceptors (Lipinski definition) is 3. The maximum absolute atomic E-state index is 3.50. The molecule has 1 unspecified atom stereocenters. The van der Waals surface area contributed by atoms with Gasteiger partial charge in [-0.05, 0) is 31.8 Å². The van der Waals surface area contributed by atoms with E-state index in [1.807, 2.05) is 0 Å². The van der Waals surface area contributed by atoms with Gasteiger partial charge in [0, 0.05) is 26.7 Å². The largest absolute Gasteiger partial charge is 0.302 e. The van der Waals surface area contributed by atoms with Crippen LogP contribution in [0.2, 0.25) is 0 Å². The van der Waals surface area contributed by atoms with E-state index in [4.69, 9.17) is 0 Å². The summed E-state index contributed by atoms with van der Waals surface area (Å²) in [4.78, 5) is 2.57. The minimum absolute atomic E-state index is 0.711. The Labute approximate surface area is 74.7 Å². The fraction of sp³-hybridized carbons (Fsp3) is 1.00. The van der Waals surface area contributed by atoms with Crippen LogP contribution >= 0.6 is 0 Å². The molecular formula is C9H19N3. The standard InChI is InChI=1S/C9H19N3/c1-11(2)10-9-7-12-5-3-8(9)4-6-12/h8-10H,3-7H2,1-2H3. The van der Waals surface area contributed by atoms with Crippen molar-refractivity contribution in [3.63, 3.8) is 0 Å². The van der Waals surface area contributed by atoms with Crippen LogP contribution in [-0.2, 0) is 0 Å². The van der Waals surface area contributed by atoms with E-state index < -0.39 is 0 Å². The van der Waals surface area contributed by atoms with Crippen molar-refractivity contribution in [3.05, 3.63) is 0 Å². The molecule has 0 aliphatic carbocycles. The second-order valence-electron chi connectivity index (χ2n) is 4.27. The van der Waals surface area contributed by atoms with Crippen molar-refractivity contribution >= 4 is 0 Å². The Morgan fingerprint density at radius 2 is 1.92 bits per heavy atom. The van der Waals surface area contributed by atoms with Crippen LogP contribution < -0.4 is 5.43 Å². The lowest BCUT2D eigenvalue weighted by molar-refractivity contribution is 0.0413. The van der Waals surface area contributed by atoms with Crippen molar-refractivity contribution in [2.75, 3.05) is 33.7 Å². The van der Waals surface area contributed by atoms with Gasteiger partial charge in [-0.25, -0.2) is 0 Å². The van der Waals surface area contributed by atoms with Crippen LogP contribution in [0, 0.1) is 5.92 Å². The van der Waals surface area contributed by atoms with E-state index in [0.717, 1.165) is 5.92 Å². The lowest BCUT2D eigenvalue weighted by Gasteiger charge is -2.45. The number of hydrogen-bond donors (Lipinski definition) is 1. The summed E-state index contributed by atoms with van der Waals surface area (Å²) in [6.07, 6.45) is 2.79. The number of nitrogens with zero attached hydrogens (tertiary/aromatic N) is 2. The van der Waals surface area contributed by atoms with Crippen LogP contribution in [-0.4, -0.2) is 49.7 Å². The predicted molar refractivity (Wildman–Crippen MR) is 49.8 cm³/mol. The lowest BCUT2D eigenvalue weighted by atomic mass is 9.84. The Hall–Kier alpha value is -0.120. The monoisotopic (exact) mass is 169 g/mol. The fourth-order valence-electron chi connectivity index (χ4n) is 2.44. The molecule has 0 amide bonds. The SMILES string of the molecule is CN(C)NC1CN2CCC1CC2. The molecule has 0 aromatic heterocycles. The second-order valence-corrected chi connectivity index (χ2v) is 4.27. The van der Waals surface area contributed by atoms with Gasteiger partial charge in [0.05, 0.1) is 0 Å². The minimum Gasteiger partial charge on any atom is -0.302 e. The summed E-state index contributed by atoms with van der Waals surface area (Å²) in [6, 6.07) is 0.711. The summed E-state index contributed by atoms with van der Waals surface area (Å²) in [5, 5.41) is 2.09. The summed E-state index contributed by atoms with van der Waals surface area (Å²) < 4.78 is 0. The molecule has 70 valence electrons. The van der Waals surface area contributed by atoms with Crippen LogP contribution in [0.25, 0.3) is 0 Å². The fourth-order valence-corrected chi connectivity index (χ4v) is 2.44. The van der Waals surface area contributed by atoms with Gasteiger partial charge in [0.2, 0.25) is 0 Å². The van der Waals surface area contributed by atoms with E-state index in [9.17, 15) is 0 Å². The number of rotatable bonds is 2. The zero-order chi connectivity index (χ0) is 8.55. The van der Waals surface area contributed by atoms with Gasteiger partial charge in [-0.15, -0.1) is 0 Å². The van der Waals surface area contributed by atoms with Crippen molar-refractivity contribution < 1.29 is 0 Å². The average molecular weight is 169 g/mol. The van der Waals surface area contributed by atoms with Crippen molar-refractivity contribution in [2.45, 2.75) is 18.9 Å². The van der Waals surface area contributed by atoms with Gasteiger partial charge in [0.15, 0.2) is 0 Å². The van der Waals surface area contributed by atoms with E-state index in [1.54, 1.807) is 0 Å². The third kappa shape index (κ3) is 1.63. The van der Waals surface area contributed by atoms with E-state index in [2.05, 4.69) is 29.4 Å². The Morgan fingerprint density at radius 3 is 2.33 bits per heavy atom. The molecule has 3 aliphatic rings. The molecule has 3 heterocycles. The molecule has 3 aliphatic heterocycles. The molecule has 3 fully saturated rings. The van der Waals surface area contributed by atoms with Gasteiger partial charge in [0.1, 0.15) is 0 Å². The summed E-state index contributed by atoms with van der Waals surface area (Å²) in [5.41, 5.74) is 3.50. The molecule has 3 heteroatoms. The molecule has 3 rings (SSSR count). The quantitative estimate of drug-likeness (QED) is 0.594. The molecule has 0 radical (unpaired) electrons. The van der Waals surface area contributed by atoms with Crippen LogP contribution in [0.5, 0.6) is 0 Å². The number of piperidine rings is 3. The first-order valence-electron chi connectivity index (χ1n) is 4.91. The van der Waals surface area contributed by atoms with Gasteiger partial charge in [-0.1, -0.05) is 0 Å². The molecule has 0 saturated carbocycles. The molecule has 1 atom stereocenters. The maximum Gasteiger partial charge on any atom is 0.0371 e. The van der Waals surface area contributed by atoms with E-state index >= 15 is 0 Å². The third-order valence-electron chi connectivity index (χ3n) is 3.08. The molecule has 0 aromatic carbocycles. The van der Waals surface area contributed by atoms with Crippen molar-refractivity contribution in [3.8, 4) is 0 Å². The van der Waals surface area contributed by atoms with Gasteiger partial charge in [0.25, 0.3) is 0 Å². The van der Waals surface area contributed by atoms with Gasteiger partial charge >= 0.3 is 0 Å². The Kier molecular flexibility index (Phi) is 2.35. The zero-order valence-corrected chi connectivity index (χ0v) is 8.08. The lowest BCUT2D eigenvalue weighted by Crippen LogP contribution is -2.58. The minimum atomic E-state index is 0.711. The van der Waals surface area contributed by atoms with Gasteiger partial charge < -0.3 is 4.90 Å². The van der Waals surface area contributed by atoms with E-state index in [0.29, 0.717) is 6.04 Å². The third-order valence-corrected chi connectivity index (χ3v) is 3.08. The van der Waals surface area contributed by atoms with Crippen LogP contribution in [0.1, 0.15) is 12.8 Å². The average Bonchev–Trinajstić information content (AvgIpc) is 2.05. The molecule has 0 aromatic rings. The first-order chi connectivity index (χ1) is 5.75. The molecule has 3 nitrogen and oxygen atoms in total. The van der Waals surface area contributed by atoms with Crippen LogP contribution in [0.4, 0.5) is 0 Å². The maximum atomic E-state index is 3.50. The number of hydrazine groups is 1. The molecule has 0 spiro atoms. The van der Waals surface area contributed by atoms with Crippen molar-refractivity contribution in [1.82, 2.24) is 15.3 Å². The summed E-state index contributed by atoms with van der Waals surface area (Å²) in [5.74, 6) is 0.928.